The number of ether oxygens (including phenoxy) is 4. The molecule has 4 saturated heterocycles. The maximum absolute atomic E-state index is 15.0. The second-order valence-corrected chi connectivity index (χ2v) is 19.1. The minimum absolute atomic E-state index is 0.00520. The number of anilines is 1. The van der Waals surface area contributed by atoms with Gasteiger partial charge in [0.15, 0.2) is 0 Å². The molecule has 0 radical (unpaired) electrons. The van der Waals surface area contributed by atoms with Crippen LogP contribution in [0.2, 0.25) is 0 Å². The molecule has 5 aliphatic rings. The van der Waals surface area contributed by atoms with Gasteiger partial charge in [-0.3, -0.25) is 4.79 Å². The maximum Gasteiger partial charge on any atom is 0.410 e. The molecular weight excluding hydrogens is 728 g/mol. The summed E-state index contributed by atoms with van der Waals surface area (Å²) in [5.74, 6) is 1.33. The zero-order valence-corrected chi connectivity index (χ0v) is 34.9. The number of amides is 3. The minimum Gasteiger partial charge on any atom is -0.490 e. The van der Waals surface area contributed by atoms with E-state index in [1.165, 1.54) is 12.5 Å². The first-order chi connectivity index (χ1) is 27.0. The Hall–Kier alpha value is -4.22. The Bertz CT molecular complexity index is 1760. The molecular formula is C45H63FN4O7. The predicted octanol–water partition coefficient (Wildman–Crippen LogP) is 8.78. The van der Waals surface area contributed by atoms with Crippen molar-refractivity contribution >= 4 is 23.8 Å². The molecule has 1 saturated carbocycles. The van der Waals surface area contributed by atoms with Crippen LogP contribution in [-0.2, 0) is 9.47 Å². The van der Waals surface area contributed by atoms with Crippen LogP contribution in [0.25, 0.3) is 0 Å². The molecule has 0 unspecified atom stereocenters. The summed E-state index contributed by atoms with van der Waals surface area (Å²) in [7, 11) is 0. The second kappa shape index (κ2) is 16.6. The zero-order chi connectivity index (χ0) is 40.5. The molecule has 7 rings (SSSR count). The average molecular weight is 791 g/mol. The summed E-state index contributed by atoms with van der Waals surface area (Å²) in [5.41, 5.74) is 1.61. The third kappa shape index (κ3) is 10.3. The molecule has 1 atom stereocenters. The van der Waals surface area contributed by atoms with Crippen LogP contribution in [0.15, 0.2) is 36.4 Å². The molecule has 4 aliphatic heterocycles. The van der Waals surface area contributed by atoms with E-state index in [9.17, 15) is 18.8 Å². The lowest BCUT2D eigenvalue weighted by Crippen LogP contribution is -2.62. The molecule has 12 heteroatoms. The van der Waals surface area contributed by atoms with E-state index >= 15 is 0 Å². The standard InChI is InChI=1S/C45H63FN4O7/c1-43(2,3)56-41(52)49-21-16-36(28-49)55-39-13-12-32(24-38(39)31-10-8-7-9-11-31)40(51)48-19-14-35(15-20-48)54-37-26-33(46)25-34(27-37)47-22-17-45(18-23-47)29-50(30-45)42(53)57-44(4,5)6/h12-13,24-27,31,35-36H,7-11,14-23,28-30H2,1-6H3/t36-/m0/s1. The van der Waals surface area contributed by atoms with Crippen LogP contribution in [0.1, 0.15) is 128 Å². The van der Waals surface area contributed by atoms with Crippen molar-refractivity contribution in [3.63, 3.8) is 0 Å². The van der Waals surface area contributed by atoms with E-state index in [0.29, 0.717) is 69.3 Å². The highest BCUT2D eigenvalue weighted by molar-refractivity contribution is 5.94. The highest BCUT2D eigenvalue weighted by atomic mass is 19.1. The molecule has 312 valence electrons. The van der Waals surface area contributed by atoms with Gasteiger partial charge in [-0.15, -0.1) is 0 Å². The monoisotopic (exact) mass is 790 g/mol. The summed E-state index contributed by atoms with van der Waals surface area (Å²) in [5, 5.41) is 0. The molecule has 0 aromatic heterocycles. The summed E-state index contributed by atoms with van der Waals surface area (Å²) in [6.07, 6.45) is 8.77. The molecule has 2 aromatic rings. The van der Waals surface area contributed by atoms with Crippen LogP contribution < -0.4 is 14.4 Å². The van der Waals surface area contributed by atoms with Crippen LogP contribution in [0, 0.1) is 11.2 Å². The number of rotatable bonds is 7. The Morgan fingerprint density at radius 3 is 1.95 bits per heavy atom. The number of halogens is 1. The smallest absolute Gasteiger partial charge is 0.410 e. The van der Waals surface area contributed by atoms with Gasteiger partial charge in [0, 0.05) is 93.9 Å². The minimum atomic E-state index is -0.550. The third-order valence-electron chi connectivity index (χ3n) is 12.2. The fourth-order valence-electron chi connectivity index (χ4n) is 9.14. The van der Waals surface area contributed by atoms with Gasteiger partial charge in [-0.1, -0.05) is 19.3 Å². The van der Waals surface area contributed by atoms with Gasteiger partial charge in [-0.05, 0) is 103 Å². The van der Waals surface area contributed by atoms with E-state index in [-0.39, 0.29) is 41.5 Å². The largest absolute Gasteiger partial charge is 0.490 e. The molecule has 3 amide bonds. The Kier molecular flexibility index (Phi) is 11.9. The fourth-order valence-corrected chi connectivity index (χ4v) is 9.14. The second-order valence-electron chi connectivity index (χ2n) is 19.1. The van der Waals surface area contributed by atoms with Crippen molar-refractivity contribution in [2.24, 2.45) is 5.41 Å². The average Bonchev–Trinajstić information content (AvgIpc) is 3.62. The number of carbonyl (C=O) groups is 3. The normalized spacial score (nSPS) is 22.0. The molecule has 0 bridgehead atoms. The number of hydrogen-bond donors (Lipinski definition) is 0. The van der Waals surface area contributed by atoms with Gasteiger partial charge in [0.05, 0.1) is 6.54 Å². The Morgan fingerprint density at radius 1 is 0.684 bits per heavy atom. The lowest BCUT2D eigenvalue weighted by Gasteiger charge is -2.54. The number of likely N-dealkylation sites (tertiary alicyclic amines) is 3. The predicted molar refractivity (Wildman–Crippen MR) is 217 cm³/mol. The van der Waals surface area contributed by atoms with Gasteiger partial charge in [-0.25, -0.2) is 14.0 Å². The van der Waals surface area contributed by atoms with E-state index in [4.69, 9.17) is 18.9 Å². The Morgan fingerprint density at radius 2 is 1.30 bits per heavy atom. The van der Waals surface area contributed by atoms with Gasteiger partial charge < -0.3 is 38.5 Å². The van der Waals surface area contributed by atoms with E-state index in [1.54, 1.807) is 15.9 Å². The Balaban J connectivity index is 0.922. The molecule has 5 fully saturated rings. The molecule has 0 N–H and O–H groups in total. The van der Waals surface area contributed by atoms with Crippen LogP contribution >= 0.6 is 0 Å². The van der Waals surface area contributed by atoms with Crippen molar-refractivity contribution in [1.82, 2.24) is 14.7 Å². The molecule has 1 aliphatic carbocycles. The van der Waals surface area contributed by atoms with Gasteiger partial charge in [0.25, 0.3) is 5.91 Å². The summed E-state index contributed by atoms with van der Waals surface area (Å²) >= 11 is 0. The first kappa shape index (κ1) is 41.0. The number of carbonyl (C=O) groups excluding carboxylic acids is 3. The quantitative estimate of drug-likeness (QED) is 0.275. The van der Waals surface area contributed by atoms with Gasteiger partial charge in [0.2, 0.25) is 0 Å². The molecule has 1 spiro atoms. The van der Waals surface area contributed by atoms with Crippen molar-refractivity contribution in [3.8, 4) is 11.5 Å². The van der Waals surface area contributed by atoms with Gasteiger partial charge in [0.1, 0.15) is 40.7 Å². The van der Waals surface area contributed by atoms with Gasteiger partial charge in [-0.2, -0.15) is 0 Å². The summed E-state index contributed by atoms with van der Waals surface area (Å²) in [6, 6.07) is 10.8. The SMILES string of the molecule is CC(C)(C)OC(=O)N1CC[C@H](Oc2ccc(C(=O)N3CCC(Oc4cc(F)cc(N5CCC6(CC5)CN(C(=O)OC(C)(C)C)C6)c4)CC3)cc2C2CCCCC2)C1. The molecule has 11 nitrogen and oxygen atoms in total. The lowest BCUT2D eigenvalue weighted by atomic mass is 9.72. The number of hydrogen-bond acceptors (Lipinski definition) is 8. The Labute approximate surface area is 338 Å². The number of nitrogens with zero attached hydrogens (tertiary/aromatic N) is 4. The van der Waals surface area contributed by atoms with Crippen molar-refractivity contribution in [2.75, 3.05) is 57.3 Å². The number of piperidine rings is 2. The topological polar surface area (TPSA) is 101 Å². The van der Waals surface area contributed by atoms with Crippen molar-refractivity contribution in [2.45, 2.75) is 135 Å². The van der Waals surface area contributed by atoms with E-state index in [2.05, 4.69) is 11.0 Å². The van der Waals surface area contributed by atoms with Crippen LogP contribution in [-0.4, -0.2) is 109 Å². The molecule has 57 heavy (non-hydrogen) atoms. The maximum atomic E-state index is 15.0. The zero-order valence-electron chi connectivity index (χ0n) is 34.9. The number of benzene rings is 2. The first-order valence-electron chi connectivity index (χ1n) is 21.3. The lowest BCUT2D eigenvalue weighted by molar-refractivity contribution is -0.0434. The summed E-state index contributed by atoms with van der Waals surface area (Å²) < 4.78 is 39.0. The van der Waals surface area contributed by atoms with E-state index in [1.807, 2.05) is 64.6 Å². The molecule has 4 heterocycles. The highest BCUT2D eigenvalue weighted by Crippen LogP contribution is 2.43. The van der Waals surface area contributed by atoms with Crippen molar-refractivity contribution in [3.05, 3.63) is 53.3 Å². The van der Waals surface area contributed by atoms with E-state index in [0.717, 1.165) is 75.0 Å². The fraction of sp³-hybridized carbons (Fsp3) is 0.667. The molecule has 2 aromatic carbocycles. The summed E-state index contributed by atoms with van der Waals surface area (Å²) in [4.78, 5) is 46.7. The van der Waals surface area contributed by atoms with E-state index < -0.39 is 11.2 Å². The van der Waals surface area contributed by atoms with Gasteiger partial charge >= 0.3 is 12.2 Å². The first-order valence-corrected chi connectivity index (χ1v) is 21.3. The van der Waals surface area contributed by atoms with Crippen LogP contribution in [0.4, 0.5) is 19.7 Å². The van der Waals surface area contributed by atoms with Crippen LogP contribution in [0.3, 0.4) is 0 Å². The van der Waals surface area contributed by atoms with Crippen LogP contribution in [0.5, 0.6) is 11.5 Å². The van der Waals surface area contributed by atoms with Crippen molar-refractivity contribution in [1.29, 1.82) is 0 Å². The van der Waals surface area contributed by atoms with Crippen molar-refractivity contribution < 1.29 is 37.7 Å². The highest BCUT2D eigenvalue weighted by Gasteiger charge is 2.48. The summed E-state index contributed by atoms with van der Waals surface area (Å²) in [6.45, 7) is 16.4. The third-order valence-corrected chi connectivity index (χ3v) is 12.2.